The van der Waals surface area contributed by atoms with Crippen LogP contribution in [0.25, 0.3) is 12.2 Å². The minimum Gasteiger partial charge on any atom is -0.504 e. The number of aromatic hydroxyl groups is 1. The number of ether oxygens (including phenoxy) is 6. The number of methoxy groups -OCH3 is 6. The summed E-state index contributed by atoms with van der Waals surface area (Å²) in [6, 6.07) is 11.8. The Morgan fingerprint density at radius 3 is 1.71 bits per heavy atom. The first-order valence-corrected chi connectivity index (χ1v) is 11.5. The molecule has 3 aromatic carbocycles. The molecule has 0 radical (unpaired) electrons. The third-order valence-corrected chi connectivity index (χ3v) is 5.59. The van der Waals surface area contributed by atoms with Crippen LogP contribution in [-0.4, -0.2) is 53.5 Å². The highest BCUT2D eigenvalue weighted by Gasteiger charge is 2.14. The Bertz CT molecular complexity index is 1320. The van der Waals surface area contributed by atoms with E-state index in [1.165, 1.54) is 38.6 Å². The summed E-state index contributed by atoms with van der Waals surface area (Å²) in [4.78, 5) is 12.6. The first kappa shape index (κ1) is 27.8. The van der Waals surface area contributed by atoms with Crippen LogP contribution in [0.1, 0.15) is 21.5 Å². The van der Waals surface area contributed by atoms with E-state index in [2.05, 4.69) is 5.32 Å². The van der Waals surface area contributed by atoms with Crippen molar-refractivity contribution in [3.63, 3.8) is 0 Å². The summed E-state index contributed by atoms with van der Waals surface area (Å²) >= 11 is 0. The van der Waals surface area contributed by atoms with E-state index in [1.807, 2.05) is 36.4 Å². The molecule has 0 saturated carbocycles. The predicted octanol–water partition coefficient (Wildman–Crippen LogP) is 5.42. The number of carbonyl (C=O) groups excluding carboxylic acids is 1. The number of phenolic OH excluding ortho intramolecular Hbond substituents is 1. The van der Waals surface area contributed by atoms with E-state index < -0.39 is 0 Å². The Morgan fingerprint density at radius 1 is 0.684 bits per heavy atom. The van der Waals surface area contributed by atoms with Crippen LogP contribution in [0.4, 0.5) is 5.69 Å². The van der Waals surface area contributed by atoms with Gasteiger partial charge in [-0.05, 0) is 53.6 Å². The van der Waals surface area contributed by atoms with Crippen LogP contribution in [0.3, 0.4) is 0 Å². The van der Waals surface area contributed by atoms with Crippen molar-refractivity contribution in [3.05, 3.63) is 71.4 Å². The Hall–Kier alpha value is -4.79. The normalized spacial score (nSPS) is 10.9. The molecular formula is C29H31NO8. The second kappa shape index (κ2) is 13.0. The molecule has 0 saturated heterocycles. The second-order valence-corrected chi connectivity index (χ2v) is 7.82. The molecule has 0 fully saturated rings. The van der Waals surface area contributed by atoms with Gasteiger partial charge in [0.1, 0.15) is 0 Å². The molecule has 200 valence electrons. The first-order chi connectivity index (χ1) is 18.4. The molecule has 38 heavy (non-hydrogen) atoms. The minimum absolute atomic E-state index is 0.113. The maximum atomic E-state index is 12.6. The van der Waals surface area contributed by atoms with Crippen LogP contribution in [0.2, 0.25) is 0 Å². The highest BCUT2D eigenvalue weighted by molar-refractivity contribution is 6.05. The lowest BCUT2D eigenvalue weighted by Crippen LogP contribution is -2.00. The summed E-state index contributed by atoms with van der Waals surface area (Å²) in [7, 11) is 9.19. The molecule has 9 nitrogen and oxygen atoms in total. The quantitative estimate of drug-likeness (QED) is 0.184. The van der Waals surface area contributed by atoms with Gasteiger partial charge in [-0.1, -0.05) is 12.2 Å². The number of hydrogen-bond donors (Lipinski definition) is 2. The van der Waals surface area contributed by atoms with E-state index >= 15 is 0 Å². The molecule has 0 heterocycles. The number of nitrogens with one attached hydrogen (secondary N) is 1. The molecular weight excluding hydrogens is 490 g/mol. The summed E-state index contributed by atoms with van der Waals surface area (Å²) in [6.07, 6.45) is 6.63. The number of allylic oxidation sites excluding steroid dienone is 1. The molecule has 0 atom stereocenters. The summed E-state index contributed by atoms with van der Waals surface area (Å²) < 4.78 is 32.3. The third kappa shape index (κ3) is 6.31. The Balaban J connectivity index is 1.88. The minimum atomic E-state index is -0.306. The van der Waals surface area contributed by atoms with Gasteiger partial charge in [-0.3, -0.25) is 4.79 Å². The van der Waals surface area contributed by atoms with Crippen LogP contribution in [0, 0.1) is 0 Å². The fraction of sp³-hybridized carbons (Fsp3) is 0.207. The average molecular weight is 522 g/mol. The molecule has 0 unspecified atom stereocenters. The number of carbonyl (C=O) groups is 1. The van der Waals surface area contributed by atoms with E-state index in [9.17, 15) is 9.90 Å². The molecule has 0 amide bonds. The molecule has 0 aromatic heterocycles. The monoisotopic (exact) mass is 521 g/mol. The van der Waals surface area contributed by atoms with Crippen molar-refractivity contribution in [1.29, 1.82) is 0 Å². The van der Waals surface area contributed by atoms with Gasteiger partial charge < -0.3 is 38.8 Å². The highest BCUT2D eigenvalue weighted by atomic mass is 16.5. The number of rotatable bonds is 12. The summed E-state index contributed by atoms with van der Waals surface area (Å²) in [6.45, 7) is 0. The molecule has 2 N–H and O–H groups in total. The smallest absolute Gasteiger partial charge is 0.203 e. The lowest BCUT2D eigenvalue weighted by atomic mass is 10.1. The van der Waals surface area contributed by atoms with Crippen molar-refractivity contribution in [3.8, 4) is 40.2 Å². The largest absolute Gasteiger partial charge is 0.504 e. The van der Waals surface area contributed by atoms with Crippen molar-refractivity contribution < 1.29 is 38.3 Å². The summed E-state index contributed by atoms with van der Waals surface area (Å²) in [5, 5.41) is 13.0. The Morgan fingerprint density at radius 2 is 1.21 bits per heavy atom. The van der Waals surface area contributed by atoms with E-state index in [0.29, 0.717) is 40.0 Å². The van der Waals surface area contributed by atoms with Crippen molar-refractivity contribution in [1.82, 2.24) is 0 Å². The Kier molecular flexibility index (Phi) is 9.48. The van der Waals surface area contributed by atoms with Crippen molar-refractivity contribution in [2.24, 2.45) is 0 Å². The van der Waals surface area contributed by atoms with Gasteiger partial charge in [0.2, 0.25) is 5.75 Å². The standard InChI is InChI=1S/C29H31NO8/c1-33-24-10-9-20(17-23(24)32)22(31)11-12-30-21-13-18(14-25(34-2)28(21)37-5)7-8-19-15-26(35-3)29(38-6)27(16-19)36-4/h7-17,30,32H,1-6H3. The van der Waals surface area contributed by atoms with Gasteiger partial charge in [0.25, 0.3) is 0 Å². The van der Waals surface area contributed by atoms with Gasteiger partial charge in [0.15, 0.2) is 40.3 Å². The van der Waals surface area contributed by atoms with Crippen LogP contribution >= 0.6 is 0 Å². The van der Waals surface area contributed by atoms with E-state index in [0.717, 1.165) is 11.1 Å². The molecule has 9 heteroatoms. The molecule has 3 aromatic rings. The fourth-order valence-electron chi connectivity index (χ4n) is 3.73. The number of benzene rings is 3. The molecule has 0 aliphatic rings. The number of ketones is 1. The van der Waals surface area contributed by atoms with Crippen molar-refractivity contribution in [2.45, 2.75) is 0 Å². The fourth-order valence-corrected chi connectivity index (χ4v) is 3.73. The number of anilines is 1. The van der Waals surface area contributed by atoms with Crippen LogP contribution in [0.15, 0.2) is 54.7 Å². The predicted molar refractivity (Wildman–Crippen MR) is 146 cm³/mol. The third-order valence-electron chi connectivity index (χ3n) is 5.59. The molecule has 0 aliphatic carbocycles. The molecule has 3 rings (SSSR count). The van der Waals surface area contributed by atoms with Crippen LogP contribution < -0.4 is 33.7 Å². The lowest BCUT2D eigenvalue weighted by molar-refractivity contribution is 0.104. The number of phenols is 1. The molecule has 0 spiro atoms. The Labute approximate surface area is 221 Å². The van der Waals surface area contributed by atoms with Crippen molar-refractivity contribution >= 4 is 23.6 Å². The summed E-state index contributed by atoms with van der Waals surface area (Å²) in [5.74, 6) is 2.44. The summed E-state index contributed by atoms with van der Waals surface area (Å²) in [5.41, 5.74) is 2.53. The molecule has 0 aliphatic heterocycles. The topological polar surface area (TPSA) is 105 Å². The van der Waals surface area contributed by atoms with E-state index in [-0.39, 0.29) is 17.3 Å². The SMILES string of the molecule is COc1ccc(C(=O)C=CNc2cc(C=Cc3cc(OC)c(OC)c(OC)c3)cc(OC)c2OC)cc1O. The lowest BCUT2D eigenvalue weighted by Gasteiger charge is -2.14. The van der Waals surface area contributed by atoms with Gasteiger partial charge in [-0.2, -0.15) is 0 Å². The second-order valence-electron chi connectivity index (χ2n) is 7.82. The van der Waals surface area contributed by atoms with Crippen LogP contribution in [0.5, 0.6) is 40.2 Å². The highest BCUT2D eigenvalue weighted by Crippen LogP contribution is 2.40. The van der Waals surface area contributed by atoms with E-state index in [1.54, 1.807) is 34.5 Å². The van der Waals surface area contributed by atoms with E-state index in [4.69, 9.17) is 28.4 Å². The van der Waals surface area contributed by atoms with Gasteiger partial charge in [0, 0.05) is 17.8 Å². The first-order valence-electron chi connectivity index (χ1n) is 11.5. The van der Waals surface area contributed by atoms with Gasteiger partial charge >= 0.3 is 0 Å². The average Bonchev–Trinajstić information content (AvgIpc) is 2.94. The maximum Gasteiger partial charge on any atom is 0.203 e. The van der Waals surface area contributed by atoms with Crippen LogP contribution in [-0.2, 0) is 0 Å². The van der Waals surface area contributed by atoms with Gasteiger partial charge in [0.05, 0.1) is 48.3 Å². The molecule has 0 bridgehead atoms. The van der Waals surface area contributed by atoms with Crippen molar-refractivity contribution in [2.75, 3.05) is 48.0 Å². The zero-order chi connectivity index (χ0) is 27.7. The van der Waals surface area contributed by atoms with Gasteiger partial charge in [-0.25, -0.2) is 0 Å². The number of hydrogen-bond acceptors (Lipinski definition) is 9. The zero-order valence-corrected chi connectivity index (χ0v) is 22.2. The van der Waals surface area contributed by atoms with Gasteiger partial charge in [-0.15, -0.1) is 0 Å². The zero-order valence-electron chi connectivity index (χ0n) is 22.2. The maximum absolute atomic E-state index is 12.6.